The van der Waals surface area contributed by atoms with Crippen molar-refractivity contribution in [3.63, 3.8) is 0 Å². The monoisotopic (exact) mass is 314 g/mol. The van der Waals surface area contributed by atoms with Gasteiger partial charge in [-0.05, 0) is 50.9 Å². The van der Waals surface area contributed by atoms with Crippen molar-refractivity contribution in [2.75, 3.05) is 0 Å². The molecule has 0 unspecified atom stereocenters. The quantitative estimate of drug-likeness (QED) is 0.543. The van der Waals surface area contributed by atoms with Crippen LogP contribution in [0.2, 0.25) is 0 Å². The van der Waals surface area contributed by atoms with E-state index in [0.717, 1.165) is 32.7 Å². The highest BCUT2D eigenvalue weighted by Gasteiger charge is 2.13. The number of hydrogen-bond acceptors (Lipinski definition) is 2. The van der Waals surface area contributed by atoms with Crippen molar-refractivity contribution in [2.45, 2.75) is 0 Å². The minimum Gasteiger partial charge on any atom is -0.507 e. The van der Waals surface area contributed by atoms with Crippen molar-refractivity contribution in [3.05, 3.63) is 78.4 Å². The average molecular weight is 314 g/mol. The lowest BCUT2D eigenvalue weighted by Crippen LogP contribution is -1.97. The predicted octanol–water partition coefficient (Wildman–Crippen LogP) is 5.06. The fourth-order valence-electron chi connectivity index (χ4n) is 3.09. The van der Waals surface area contributed by atoms with Gasteiger partial charge in [-0.3, -0.25) is 0 Å². The summed E-state index contributed by atoms with van der Waals surface area (Å²) in [6, 6.07) is 23.1. The number of carboxylic acid groups (broad SMARTS) is 1. The number of hydrogen-bond donors (Lipinski definition) is 2. The molecule has 0 bridgehead atoms. The van der Waals surface area contributed by atoms with Gasteiger partial charge in [0, 0.05) is 0 Å². The average Bonchev–Trinajstić information content (AvgIpc) is 2.60. The lowest BCUT2D eigenvalue weighted by atomic mass is 9.95. The zero-order valence-electron chi connectivity index (χ0n) is 12.7. The van der Waals surface area contributed by atoms with Gasteiger partial charge in [0.15, 0.2) is 0 Å². The van der Waals surface area contributed by atoms with Crippen molar-refractivity contribution in [3.8, 4) is 16.9 Å². The third-order valence-electron chi connectivity index (χ3n) is 4.29. The highest BCUT2D eigenvalue weighted by atomic mass is 16.4. The van der Waals surface area contributed by atoms with E-state index in [-0.39, 0.29) is 11.3 Å². The second-order valence-electron chi connectivity index (χ2n) is 5.76. The molecule has 0 spiro atoms. The number of rotatable bonds is 2. The van der Waals surface area contributed by atoms with Gasteiger partial charge in [0.1, 0.15) is 11.3 Å². The molecule has 0 aliphatic carbocycles. The summed E-state index contributed by atoms with van der Waals surface area (Å²) < 4.78 is 0. The van der Waals surface area contributed by atoms with Gasteiger partial charge in [0.2, 0.25) is 0 Å². The molecule has 0 aliphatic heterocycles. The third kappa shape index (κ3) is 2.27. The number of benzene rings is 4. The SMILES string of the molecule is O=C(O)c1cc2c(-c3ccc4ccccc4c3)cccc2cc1O. The zero-order chi connectivity index (χ0) is 16.7. The van der Waals surface area contributed by atoms with Crippen molar-refractivity contribution >= 4 is 27.5 Å². The molecule has 0 atom stereocenters. The second-order valence-corrected chi connectivity index (χ2v) is 5.76. The minimum atomic E-state index is -1.14. The molecule has 0 amide bonds. The lowest BCUT2D eigenvalue weighted by molar-refractivity contribution is 0.0694. The summed E-state index contributed by atoms with van der Waals surface area (Å²) in [5.41, 5.74) is 1.87. The molecule has 4 aromatic rings. The smallest absolute Gasteiger partial charge is 0.339 e. The Kier molecular flexibility index (Phi) is 3.21. The molecule has 0 heterocycles. The molecule has 0 aromatic heterocycles. The van der Waals surface area contributed by atoms with Crippen LogP contribution in [0.25, 0.3) is 32.7 Å². The molecule has 0 saturated carbocycles. The van der Waals surface area contributed by atoms with E-state index < -0.39 is 5.97 Å². The normalized spacial score (nSPS) is 11.0. The maximum absolute atomic E-state index is 11.3. The first-order valence-corrected chi connectivity index (χ1v) is 7.62. The van der Waals surface area contributed by atoms with Gasteiger partial charge >= 0.3 is 5.97 Å². The molecule has 4 aromatic carbocycles. The molecule has 4 rings (SSSR count). The van der Waals surface area contributed by atoms with Gasteiger partial charge in [-0.1, -0.05) is 54.6 Å². The van der Waals surface area contributed by atoms with Crippen LogP contribution in [-0.4, -0.2) is 16.2 Å². The van der Waals surface area contributed by atoms with Crippen molar-refractivity contribution in [1.29, 1.82) is 0 Å². The van der Waals surface area contributed by atoms with Crippen LogP contribution in [0.1, 0.15) is 10.4 Å². The van der Waals surface area contributed by atoms with Crippen molar-refractivity contribution in [2.24, 2.45) is 0 Å². The van der Waals surface area contributed by atoms with Crippen LogP contribution in [0.15, 0.2) is 72.8 Å². The Bertz CT molecular complexity index is 1100. The third-order valence-corrected chi connectivity index (χ3v) is 4.29. The second kappa shape index (κ2) is 5.39. The van der Waals surface area contributed by atoms with Crippen LogP contribution in [0.3, 0.4) is 0 Å². The van der Waals surface area contributed by atoms with E-state index in [4.69, 9.17) is 0 Å². The maximum atomic E-state index is 11.3. The van der Waals surface area contributed by atoms with E-state index in [9.17, 15) is 15.0 Å². The topological polar surface area (TPSA) is 57.5 Å². The van der Waals surface area contributed by atoms with Gasteiger partial charge in [0.05, 0.1) is 0 Å². The Morgan fingerprint density at radius 3 is 2.29 bits per heavy atom. The van der Waals surface area contributed by atoms with E-state index in [0.29, 0.717) is 0 Å². The van der Waals surface area contributed by atoms with Gasteiger partial charge in [-0.2, -0.15) is 0 Å². The van der Waals surface area contributed by atoms with Crippen LogP contribution in [0.4, 0.5) is 0 Å². The Hall–Kier alpha value is -3.33. The Labute approximate surface area is 138 Å². The summed E-state index contributed by atoms with van der Waals surface area (Å²) >= 11 is 0. The van der Waals surface area contributed by atoms with Gasteiger partial charge in [0.25, 0.3) is 0 Å². The number of phenols is 1. The summed E-state index contributed by atoms with van der Waals surface area (Å²) in [7, 11) is 0. The first-order chi connectivity index (χ1) is 11.6. The molecule has 116 valence electrons. The maximum Gasteiger partial charge on any atom is 0.339 e. The first kappa shape index (κ1) is 14.3. The van der Waals surface area contributed by atoms with E-state index in [1.165, 1.54) is 12.1 Å². The Morgan fingerprint density at radius 2 is 1.50 bits per heavy atom. The summed E-state index contributed by atoms with van der Waals surface area (Å²) in [5.74, 6) is -1.35. The molecular weight excluding hydrogens is 300 g/mol. The van der Waals surface area contributed by atoms with Crippen LogP contribution in [0.5, 0.6) is 5.75 Å². The van der Waals surface area contributed by atoms with Gasteiger partial charge in [-0.15, -0.1) is 0 Å². The molecule has 3 heteroatoms. The molecule has 3 nitrogen and oxygen atoms in total. The number of aromatic carboxylic acids is 1. The van der Waals surface area contributed by atoms with Crippen LogP contribution < -0.4 is 0 Å². The molecule has 24 heavy (non-hydrogen) atoms. The van der Waals surface area contributed by atoms with E-state index >= 15 is 0 Å². The van der Waals surface area contributed by atoms with E-state index in [1.54, 1.807) is 0 Å². The molecule has 2 N–H and O–H groups in total. The van der Waals surface area contributed by atoms with Crippen LogP contribution in [-0.2, 0) is 0 Å². The highest BCUT2D eigenvalue weighted by Crippen LogP contribution is 2.34. The summed E-state index contributed by atoms with van der Waals surface area (Å²) in [6.07, 6.45) is 0. The number of aromatic hydroxyl groups is 1. The van der Waals surface area contributed by atoms with Gasteiger partial charge < -0.3 is 10.2 Å². The van der Waals surface area contributed by atoms with Crippen LogP contribution >= 0.6 is 0 Å². The summed E-state index contributed by atoms with van der Waals surface area (Å²) in [6.45, 7) is 0. The summed E-state index contributed by atoms with van der Waals surface area (Å²) in [4.78, 5) is 11.3. The zero-order valence-corrected chi connectivity index (χ0v) is 12.7. The van der Waals surface area contributed by atoms with Crippen LogP contribution in [0, 0.1) is 0 Å². The van der Waals surface area contributed by atoms with E-state index in [2.05, 4.69) is 24.3 Å². The number of carbonyl (C=O) groups is 1. The molecule has 0 radical (unpaired) electrons. The molecular formula is C21H14O3. The molecule has 0 saturated heterocycles. The fraction of sp³-hybridized carbons (Fsp3) is 0. The van der Waals surface area contributed by atoms with Gasteiger partial charge in [-0.25, -0.2) is 4.79 Å². The summed E-state index contributed by atoms with van der Waals surface area (Å²) in [5, 5.41) is 23.1. The highest BCUT2D eigenvalue weighted by molar-refractivity contribution is 6.04. The molecule has 0 fully saturated rings. The van der Waals surface area contributed by atoms with Crippen molar-refractivity contribution < 1.29 is 15.0 Å². The standard InChI is InChI=1S/C21H14O3/c22-20-11-15-6-3-7-17(18(15)12-19(20)21(23)24)16-9-8-13-4-1-2-5-14(13)10-16/h1-12,22H,(H,23,24). The molecule has 0 aliphatic rings. The first-order valence-electron chi connectivity index (χ1n) is 7.62. The van der Waals surface area contributed by atoms with E-state index in [1.807, 2.05) is 36.4 Å². The number of fused-ring (bicyclic) bond motifs is 2. The predicted molar refractivity (Wildman–Crippen MR) is 95.5 cm³/mol. The Balaban J connectivity index is 2.01. The number of carboxylic acids is 1. The Morgan fingerprint density at radius 1 is 0.750 bits per heavy atom. The largest absolute Gasteiger partial charge is 0.507 e. The fourth-order valence-corrected chi connectivity index (χ4v) is 3.09. The van der Waals surface area contributed by atoms with Crippen molar-refractivity contribution in [1.82, 2.24) is 0 Å². The minimum absolute atomic E-state index is 0.0873. The lowest BCUT2D eigenvalue weighted by Gasteiger charge is -2.10.